The fourth-order valence-corrected chi connectivity index (χ4v) is 5.18. The fourth-order valence-electron chi connectivity index (χ4n) is 5.18. The lowest BCUT2D eigenvalue weighted by Crippen LogP contribution is -2.53. The quantitative estimate of drug-likeness (QED) is 0.630. The zero-order chi connectivity index (χ0) is 22.4. The van der Waals surface area contributed by atoms with Crippen LogP contribution in [0.25, 0.3) is 5.65 Å². The van der Waals surface area contributed by atoms with E-state index in [1.807, 2.05) is 32.3 Å². The number of amides is 1. The monoisotopic (exact) mass is 435 g/mol. The highest BCUT2D eigenvalue weighted by molar-refractivity contribution is 5.92. The van der Waals surface area contributed by atoms with Crippen molar-refractivity contribution in [3.05, 3.63) is 57.4 Å². The smallest absolute Gasteiger partial charge is 0.269 e. The van der Waals surface area contributed by atoms with Gasteiger partial charge in [0.25, 0.3) is 11.5 Å². The first-order valence-electron chi connectivity index (χ1n) is 11.3. The van der Waals surface area contributed by atoms with Gasteiger partial charge in [-0.05, 0) is 38.3 Å². The number of nitrogens with one attached hydrogen (secondary N) is 2. The standard InChI is InChI=1S/C23H29N7O2/c1-4-15-11-30-21(27-22(15)31)16(9-25-30)10-29-17-5-6-18(29)13-28(12-17)20-8-7-19(23(32)24-3)26-14(20)2/h7-9,11,17-18H,4-6,10,12-13H2,1-3H3,(H,24,32)(H,27,31). The van der Waals surface area contributed by atoms with Crippen molar-refractivity contribution >= 4 is 17.2 Å². The van der Waals surface area contributed by atoms with Gasteiger partial charge in [0.05, 0.1) is 17.6 Å². The molecule has 3 aromatic heterocycles. The lowest BCUT2D eigenvalue weighted by atomic mass is 10.1. The first-order valence-corrected chi connectivity index (χ1v) is 11.3. The minimum Gasteiger partial charge on any atom is -0.367 e. The molecule has 0 radical (unpaired) electrons. The van der Waals surface area contributed by atoms with Crippen LogP contribution in [0.3, 0.4) is 0 Å². The summed E-state index contributed by atoms with van der Waals surface area (Å²) in [4.78, 5) is 36.7. The number of aromatic amines is 1. The molecule has 3 aromatic rings. The molecule has 2 aliphatic rings. The van der Waals surface area contributed by atoms with Crippen molar-refractivity contribution < 1.29 is 4.79 Å². The molecule has 2 unspecified atom stereocenters. The normalized spacial score (nSPS) is 20.8. The number of hydrogen-bond donors (Lipinski definition) is 2. The molecule has 2 aliphatic heterocycles. The largest absolute Gasteiger partial charge is 0.367 e. The molecular formula is C23H29N7O2. The zero-order valence-corrected chi connectivity index (χ0v) is 18.8. The van der Waals surface area contributed by atoms with E-state index in [1.54, 1.807) is 17.6 Å². The Morgan fingerprint density at radius 1 is 1.22 bits per heavy atom. The molecule has 2 atom stereocenters. The number of aryl methyl sites for hydroxylation is 2. The van der Waals surface area contributed by atoms with Crippen LogP contribution < -0.4 is 15.8 Å². The van der Waals surface area contributed by atoms with Gasteiger partial charge in [0.1, 0.15) is 11.3 Å². The molecule has 2 N–H and O–H groups in total. The van der Waals surface area contributed by atoms with Crippen LogP contribution in [0.15, 0.2) is 29.3 Å². The molecular weight excluding hydrogens is 406 g/mol. The maximum atomic E-state index is 12.3. The van der Waals surface area contributed by atoms with Gasteiger partial charge in [-0.15, -0.1) is 0 Å². The van der Waals surface area contributed by atoms with Crippen LogP contribution in [0.4, 0.5) is 5.69 Å². The Morgan fingerprint density at radius 2 is 1.97 bits per heavy atom. The van der Waals surface area contributed by atoms with Crippen LogP contribution in [0.5, 0.6) is 0 Å². The van der Waals surface area contributed by atoms with Crippen molar-refractivity contribution in [1.82, 2.24) is 29.8 Å². The van der Waals surface area contributed by atoms with E-state index in [9.17, 15) is 9.59 Å². The highest BCUT2D eigenvalue weighted by atomic mass is 16.1. The number of hydrogen-bond acceptors (Lipinski definition) is 6. The lowest BCUT2D eigenvalue weighted by molar-refractivity contribution is 0.0958. The molecule has 5 rings (SSSR count). The Labute approximate surface area is 186 Å². The maximum absolute atomic E-state index is 12.3. The Morgan fingerprint density at radius 3 is 2.62 bits per heavy atom. The molecule has 0 saturated carbocycles. The third kappa shape index (κ3) is 3.46. The van der Waals surface area contributed by atoms with Crippen LogP contribution in [-0.2, 0) is 13.0 Å². The Kier molecular flexibility index (Phi) is 5.21. The van der Waals surface area contributed by atoms with Gasteiger partial charge in [0.2, 0.25) is 0 Å². The second-order valence-electron chi connectivity index (χ2n) is 8.77. The summed E-state index contributed by atoms with van der Waals surface area (Å²) >= 11 is 0. The van der Waals surface area contributed by atoms with Gasteiger partial charge in [-0.1, -0.05) is 6.92 Å². The summed E-state index contributed by atoms with van der Waals surface area (Å²) in [5.74, 6) is -0.165. The van der Waals surface area contributed by atoms with Crippen molar-refractivity contribution in [2.24, 2.45) is 0 Å². The van der Waals surface area contributed by atoms with Gasteiger partial charge in [0.15, 0.2) is 0 Å². The van der Waals surface area contributed by atoms with Gasteiger partial charge >= 0.3 is 0 Å². The molecule has 168 valence electrons. The number of pyridine rings is 1. The van der Waals surface area contributed by atoms with E-state index in [2.05, 4.69) is 30.2 Å². The highest BCUT2D eigenvalue weighted by Crippen LogP contribution is 2.35. The molecule has 0 aromatic carbocycles. The van der Waals surface area contributed by atoms with Gasteiger partial charge in [0, 0.05) is 56.1 Å². The average molecular weight is 436 g/mol. The van der Waals surface area contributed by atoms with Gasteiger partial charge < -0.3 is 15.2 Å². The molecule has 0 spiro atoms. The van der Waals surface area contributed by atoms with Crippen molar-refractivity contribution in [1.29, 1.82) is 0 Å². The number of carbonyl (C=O) groups excluding carboxylic acids is 1. The van der Waals surface area contributed by atoms with Crippen molar-refractivity contribution in [2.45, 2.75) is 51.7 Å². The van der Waals surface area contributed by atoms with Gasteiger partial charge in [-0.25, -0.2) is 9.50 Å². The molecule has 2 fully saturated rings. The molecule has 0 aliphatic carbocycles. The lowest BCUT2D eigenvalue weighted by Gasteiger charge is -2.42. The Balaban J connectivity index is 1.35. The number of piperazine rings is 1. The van der Waals surface area contributed by atoms with E-state index in [-0.39, 0.29) is 11.5 Å². The number of carbonyl (C=O) groups is 1. The predicted octanol–water partition coefficient (Wildman–Crippen LogP) is 1.50. The highest BCUT2D eigenvalue weighted by Gasteiger charge is 2.40. The molecule has 9 nitrogen and oxygen atoms in total. The summed E-state index contributed by atoms with van der Waals surface area (Å²) in [5, 5.41) is 7.11. The third-order valence-electron chi connectivity index (χ3n) is 6.90. The molecule has 2 saturated heterocycles. The Hall–Kier alpha value is -3.20. The van der Waals surface area contributed by atoms with E-state index >= 15 is 0 Å². The summed E-state index contributed by atoms with van der Waals surface area (Å²) < 4.78 is 1.79. The van der Waals surface area contributed by atoms with E-state index < -0.39 is 0 Å². The first kappa shape index (κ1) is 20.7. The number of H-pyrrole nitrogens is 1. The van der Waals surface area contributed by atoms with E-state index in [1.165, 1.54) is 0 Å². The van der Waals surface area contributed by atoms with Crippen molar-refractivity contribution in [2.75, 3.05) is 25.0 Å². The van der Waals surface area contributed by atoms with Crippen LogP contribution >= 0.6 is 0 Å². The first-order chi connectivity index (χ1) is 15.5. The molecule has 32 heavy (non-hydrogen) atoms. The second-order valence-corrected chi connectivity index (χ2v) is 8.77. The van der Waals surface area contributed by atoms with Crippen LogP contribution in [-0.4, -0.2) is 62.6 Å². The SMILES string of the molecule is CCc1cn2ncc(CN3C4CCC3CN(c3ccc(C(=O)NC)nc3C)C4)c2[nH]c1=O. The summed E-state index contributed by atoms with van der Waals surface area (Å²) in [7, 11) is 1.62. The summed E-state index contributed by atoms with van der Waals surface area (Å²) in [6.07, 6.45) is 6.70. The minimum atomic E-state index is -0.165. The zero-order valence-electron chi connectivity index (χ0n) is 18.8. The van der Waals surface area contributed by atoms with Gasteiger partial charge in [-0.3, -0.25) is 14.5 Å². The molecule has 9 heteroatoms. The number of anilines is 1. The number of fused-ring (bicyclic) bond motifs is 3. The second kappa shape index (κ2) is 8.05. The van der Waals surface area contributed by atoms with E-state index in [0.29, 0.717) is 24.2 Å². The number of nitrogens with zero attached hydrogens (tertiary/aromatic N) is 5. The molecule has 2 bridgehead atoms. The molecule has 5 heterocycles. The third-order valence-corrected chi connectivity index (χ3v) is 6.90. The van der Waals surface area contributed by atoms with E-state index in [0.717, 1.165) is 60.6 Å². The minimum absolute atomic E-state index is 0.0299. The van der Waals surface area contributed by atoms with Gasteiger partial charge in [-0.2, -0.15) is 5.10 Å². The summed E-state index contributed by atoms with van der Waals surface area (Å²) in [6, 6.07) is 4.69. The topological polar surface area (TPSA) is 98.6 Å². The Bertz CT molecular complexity index is 1220. The number of rotatable bonds is 5. The van der Waals surface area contributed by atoms with Crippen LogP contribution in [0.2, 0.25) is 0 Å². The fraction of sp³-hybridized carbons (Fsp3) is 0.478. The van der Waals surface area contributed by atoms with Crippen molar-refractivity contribution in [3.63, 3.8) is 0 Å². The average Bonchev–Trinajstić information content (AvgIpc) is 3.28. The van der Waals surface area contributed by atoms with Crippen LogP contribution in [0.1, 0.15) is 47.1 Å². The maximum Gasteiger partial charge on any atom is 0.269 e. The van der Waals surface area contributed by atoms with Crippen molar-refractivity contribution in [3.8, 4) is 0 Å². The summed E-state index contributed by atoms with van der Waals surface area (Å²) in [6.45, 7) is 6.57. The van der Waals surface area contributed by atoms with Crippen LogP contribution in [0, 0.1) is 6.92 Å². The predicted molar refractivity (Wildman–Crippen MR) is 122 cm³/mol. The van der Waals surface area contributed by atoms with E-state index in [4.69, 9.17) is 0 Å². The number of aromatic nitrogens is 4. The molecule has 1 amide bonds. The summed E-state index contributed by atoms with van der Waals surface area (Å²) in [5.41, 5.74) is 4.99.